The van der Waals surface area contributed by atoms with Gasteiger partial charge >= 0.3 is 0 Å². The van der Waals surface area contributed by atoms with Crippen LogP contribution in [0.1, 0.15) is 31.2 Å². The lowest BCUT2D eigenvalue weighted by molar-refractivity contribution is -0.121. The van der Waals surface area contributed by atoms with Crippen LogP contribution < -0.4 is 4.90 Å². The van der Waals surface area contributed by atoms with Gasteiger partial charge in [0.2, 0.25) is 0 Å². The highest BCUT2D eigenvalue weighted by atomic mass is 16.1. The maximum Gasteiger partial charge on any atom is 0.155 e. The molecule has 0 aromatic heterocycles. The second-order valence-electron chi connectivity index (χ2n) is 5.25. The number of nitrogens with zero attached hydrogens (tertiary/aromatic N) is 1. The van der Waals surface area contributed by atoms with E-state index in [1.165, 1.54) is 24.1 Å². The van der Waals surface area contributed by atoms with E-state index in [2.05, 4.69) is 29.2 Å². The monoisotopic (exact) mass is 229 g/mol. The van der Waals surface area contributed by atoms with Crippen molar-refractivity contribution >= 4 is 11.5 Å². The van der Waals surface area contributed by atoms with Crippen molar-refractivity contribution < 1.29 is 4.79 Å². The van der Waals surface area contributed by atoms with Gasteiger partial charge < -0.3 is 4.90 Å². The van der Waals surface area contributed by atoms with Crippen LogP contribution in [-0.2, 0) is 11.2 Å². The number of benzene rings is 1. The van der Waals surface area contributed by atoms with Crippen molar-refractivity contribution in [1.82, 2.24) is 0 Å². The second kappa shape index (κ2) is 4.52. The Labute approximate surface area is 103 Å². The number of hydrogen-bond acceptors (Lipinski definition) is 2. The van der Waals surface area contributed by atoms with Crippen LogP contribution in [0.15, 0.2) is 24.3 Å². The summed E-state index contributed by atoms with van der Waals surface area (Å²) in [5, 5.41) is 0. The molecule has 0 bridgehead atoms. The van der Waals surface area contributed by atoms with Gasteiger partial charge in [0.25, 0.3) is 0 Å². The first-order valence-corrected chi connectivity index (χ1v) is 6.70. The van der Waals surface area contributed by atoms with E-state index >= 15 is 0 Å². The first kappa shape index (κ1) is 10.8. The number of hydrogen-bond donors (Lipinski definition) is 0. The third-order valence-electron chi connectivity index (χ3n) is 4.14. The third kappa shape index (κ3) is 2.08. The average Bonchev–Trinajstić information content (AvgIpc) is 2.98. The molecule has 2 nitrogen and oxygen atoms in total. The van der Waals surface area contributed by atoms with Crippen LogP contribution in [-0.4, -0.2) is 18.9 Å². The predicted octanol–water partition coefficient (Wildman–Crippen LogP) is 2.81. The van der Waals surface area contributed by atoms with Crippen molar-refractivity contribution in [2.24, 2.45) is 5.92 Å². The second-order valence-corrected chi connectivity index (χ2v) is 5.25. The molecular formula is C15H19NO. The fourth-order valence-electron chi connectivity index (χ4n) is 3.14. The minimum Gasteiger partial charge on any atom is -0.364 e. The molecule has 0 radical (unpaired) electrons. The molecule has 1 aliphatic carbocycles. The number of para-hydroxylation sites is 1. The summed E-state index contributed by atoms with van der Waals surface area (Å²) in [5.74, 6) is 0.807. The predicted molar refractivity (Wildman–Crippen MR) is 69.3 cm³/mol. The van der Waals surface area contributed by atoms with Gasteiger partial charge in [-0.25, -0.2) is 0 Å². The zero-order valence-electron chi connectivity index (χ0n) is 10.2. The minimum atomic E-state index is 0.350. The maximum atomic E-state index is 12.2. The molecule has 0 atom stereocenters. The smallest absolute Gasteiger partial charge is 0.155 e. The van der Waals surface area contributed by atoms with Gasteiger partial charge in [0.05, 0.1) is 6.54 Å². The Balaban J connectivity index is 1.68. The van der Waals surface area contributed by atoms with Gasteiger partial charge in [-0.2, -0.15) is 0 Å². The van der Waals surface area contributed by atoms with Crippen LogP contribution in [0.4, 0.5) is 5.69 Å². The normalized spacial score (nSPS) is 19.6. The summed E-state index contributed by atoms with van der Waals surface area (Å²) in [6.07, 6.45) is 5.82. The first-order valence-electron chi connectivity index (χ1n) is 6.70. The lowest BCUT2D eigenvalue weighted by atomic mass is 10.0. The highest BCUT2D eigenvalue weighted by molar-refractivity contribution is 5.86. The fraction of sp³-hybridized carbons (Fsp3) is 0.533. The van der Waals surface area contributed by atoms with Gasteiger partial charge in [-0.3, -0.25) is 4.79 Å². The molecule has 90 valence electrons. The number of rotatable bonds is 3. The molecule has 1 heterocycles. The van der Waals surface area contributed by atoms with Crippen LogP contribution in [0.3, 0.4) is 0 Å². The molecule has 0 amide bonds. The van der Waals surface area contributed by atoms with Crippen molar-refractivity contribution in [3.8, 4) is 0 Å². The van der Waals surface area contributed by atoms with E-state index < -0.39 is 0 Å². The third-order valence-corrected chi connectivity index (χ3v) is 4.14. The molecule has 0 unspecified atom stereocenters. The van der Waals surface area contributed by atoms with Crippen LogP contribution >= 0.6 is 0 Å². The van der Waals surface area contributed by atoms with Crippen LogP contribution in [0.5, 0.6) is 0 Å². The van der Waals surface area contributed by atoms with E-state index in [-0.39, 0.29) is 0 Å². The maximum absolute atomic E-state index is 12.2. The zero-order chi connectivity index (χ0) is 11.7. The highest BCUT2D eigenvalue weighted by Crippen LogP contribution is 2.30. The number of ketones is 1. The quantitative estimate of drug-likeness (QED) is 0.794. The van der Waals surface area contributed by atoms with Crippen LogP contribution in [0, 0.1) is 5.92 Å². The van der Waals surface area contributed by atoms with E-state index in [0.717, 1.165) is 25.8 Å². The van der Waals surface area contributed by atoms with Gasteiger partial charge in [-0.05, 0) is 30.9 Å². The molecule has 0 saturated heterocycles. The topological polar surface area (TPSA) is 20.3 Å². The summed E-state index contributed by atoms with van der Waals surface area (Å²) < 4.78 is 0. The minimum absolute atomic E-state index is 0.350. The van der Waals surface area contributed by atoms with E-state index in [9.17, 15) is 4.79 Å². The Hall–Kier alpha value is -1.31. The van der Waals surface area contributed by atoms with E-state index in [1.807, 2.05) is 0 Å². The fourth-order valence-corrected chi connectivity index (χ4v) is 3.14. The van der Waals surface area contributed by atoms with Gasteiger partial charge in [0.1, 0.15) is 0 Å². The number of Topliss-reactive ketones (excluding diaryl/α,β-unsaturated/α-hetero) is 1. The number of anilines is 1. The Kier molecular flexibility index (Phi) is 2.87. The molecule has 3 rings (SSSR count). The molecule has 2 heteroatoms. The Morgan fingerprint density at radius 1 is 1.24 bits per heavy atom. The van der Waals surface area contributed by atoms with Crippen molar-refractivity contribution in [3.05, 3.63) is 29.8 Å². The Morgan fingerprint density at radius 3 is 2.82 bits per heavy atom. The van der Waals surface area contributed by atoms with E-state index in [0.29, 0.717) is 18.2 Å². The van der Waals surface area contributed by atoms with Gasteiger partial charge in [0.15, 0.2) is 5.78 Å². The summed E-state index contributed by atoms with van der Waals surface area (Å²) in [4.78, 5) is 14.4. The molecule has 1 aromatic rings. The summed E-state index contributed by atoms with van der Waals surface area (Å²) in [7, 11) is 0. The number of fused-ring (bicyclic) bond motifs is 1. The molecule has 2 aliphatic rings. The largest absolute Gasteiger partial charge is 0.364 e. The van der Waals surface area contributed by atoms with Gasteiger partial charge in [-0.15, -0.1) is 0 Å². The molecule has 1 aliphatic heterocycles. The molecule has 1 fully saturated rings. The standard InChI is InChI=1S/C15H19NO/c17-15(13-6-1-2-7-13)11-16-10-9-12-5-3-4-8-14(12)16/h3-5,8,13H,1-2,6-7,9-11H2. The number of carbonyl (C=O) groups is 1. The first-order chi connectivity index (χ1) is 8.34. The Bertz CT molecular complexity index is 421. The molecular weight excluding hydrogens is 210 g/mol. The summed E-state index contributed by atoms with van der Waals surface area (Å²) in [5.41, 5.74) is 2.67. The molecule has 0 spiro atoms. The summed E-state index contributed by atoms with van der Waals surface area (Å²) in [6.45, 7) is 1.64. The lowest BCUT2D eigenvalue weighted by Gasteiger charge is -2.20. The molecule has 17 heavy (non-hydrogen) atoms. The van der Waals surface area contributed by atoms with E-state index in [4.69, 9.17) is 0 Å². The molecule has 0 N–H and O–H groups in total. The molecule has 1 aromatic carbocycles. The van der Waals surface area contributed by atoms with Crippen molar-refractivity contribution in [1.29, 1.82) is 0 Å². The van der Waals surface area contributed by atoms with Gasteiger partial charge in [0, 0.05) is 18.2 Å². The Morgan fingerprint density at radius 2 is 2.00 bits per heavy atom. The van der Waals surface area contributed by atoms with Crippen molar-refractivity contribution in [2.75, 3.05) is 18.0 Å². The SMILES string of the molecule is O=C(CN1CCc2ccccc21)C1CCCC1. The van der Waals surface area contributed by atoms with E-state index in [1.54, 1.807) is 0 Å². The summed E-state index contributed by atoms with van der Waals surface area (Å²) in [6, 6.07) is 8.47. The highest BCUT2D eigenvalue weighted by Gasteiger charge is 2.26. The zero-order valence-corrected chi connectivity index (χ0v) is 10.2. The van der Waals surface area contributed by atoms with Crippen molar-refractivity contribution in [2.45, 2.75) is 32.1 Å². The average molecular weight is 229 g/mol. The van der Waals surface area contributed by atoms with Crippen molar-refractivity contribution in [3.63, 3.8) is 0 Å². The lowest BCUT2D eigenvalue weighted by Crippen LogP contribution is -2.31. The van der Waals surface area contributed by atoms with Crippen LogP contribution in [0.25, 0.3) is 0 Å². The van der Waals surface area contributed by atoms with Crippen LogP contribution in [0.2, 0.25) is 0 Å². The van der Waals surface area contributed by atoms with Gasteiger partial charge in [-0.1, -0.05) is 31.0 Å². The number of carbonyl (C=O) groups excluding carboxylic acids is 1. The summed E-state index contributed by atoms with van der Waals surface area (Å²) >= 11 is 0. The molecule has 1 saturated carbocycles.